The summed E-state index contributed by atoms with van der Waals surface area (Å²) in [6, 6.07) is 0. The number of carbonyl (C=O) groups is 2. The van der Waals surface area contributed by atoms with Crippen LogP contribution in [-0.4, -0.2) is 70.0 Å². The number of rotatable bonds is 48. The zero-order chi connectivity index (χ0) is 45.7. The number of allylic oxidation sites excluding steroid dienone is 4. The minimum absolute atomic E-state index is 0.0333. The molecule has 0 saturated carbocycles. The molecule has 0 radical (unpaired) electrons. The van der Waals surface area contributed by atoms with E-state index in [4.69, 9.17) is 18.5 Å². The first kappa shape index (κ1) is 60.5. The van der Waals surface area contributed by atoms with Crippen molar-refractivity contribution in [2.75, 3.05) is 47.5 Å². The van der Waals surface area contributed by atoms with E-state index in [1.165, 1.54) is 167 Å². The van der Waals surface area contributed by atoms with Gasteiger partial charge in [-0.25, -0.2) is 0 Å². The third kappa shape index (κ3) is 48.0. The zero-order valence-electron chi connectivity index (χ0n) is 41.3. The molecule has 9 nitrogen and oxygen atoms in total. The van der Waals surface area contributed by atoms with Gasteiger partial charge in [0.15, 0.2) is 6.10 Å². The van der Waals surface area contributed by atoms with Crippen LogP contribution in [0.5, 0.6) is 0 Å². The Morgan fingerprint density at radius 3 is 1.31 bits per heavy atom. The van der Waals surface area contributed by atoms with Gasteiger partial charge in [0.1, 0.15) is 19.8 Å². The van der Waals surface area contributed by atoms with Crippen LogP contribution in [0.3, 0.4) is 0 Å². The molecule has 0 heterocycles. The van der Waals surface area contributed by atoms with E-state index in [1.807, 2.05) is 21.1 Å². The van der Waals surface area contributed by atoms with Crippen LogP contribution in [0.15, 0.2) is 24.3 Å². The van der Waals surface area contributed by atoms with Crippen molar-refractivity contribution >= 4 is 19.8 Å². The van der Waals surface area contributed by atoms with E-state index in [1.54, 1.807) is 0 Å². The number of phosphoric ester groups is 1. The van der Waals surface area contributed by atoms with Gasteiger partial charge in [0.05, 0.1) is 27.7 Å². The first-order valence-corrected chi connectivity index (χ1v) is 27.5. The summed E-state index contributed by atoms with van der Waals surface area (Å²) < 4.78 is 34.0. The largest absolute Gasteiger partial charge is 0.756 e. The average Bonchev–Trinajstić information content (AvgIpc) is 3.23. The van der Waals surface area contributed by atoms with Crippen LogP contribution in [0, 0.1) is 0 Å². The monoisotopic (exact) mass is 898 g/mol. The maximum atomic E-state index is 12.7. The second kappa shape index (κ2) is 44.7. The number of unbranched alkanes of at least 4 members (excludes halogenated alkanes) is 30. The minimum Gasteiger partial charge on any atom is -0.756 e. The summed E-state index contributed by atoms with van der Waals surface area (Å²) in [4.78, 5) is 37.7. The maximum Gasteiger partial charge on any atom is 0.306 e. The van der Waals surface area contributed by atoms with Gasteiger partial charge in [0.2, 0.25) is 0 Å². The van der Waals surface area contributed by atoms with E-state index in [0.717, 1.165) is 38.5 Å². The quantitative estimate of drug-likeness (QED) is 0.0195. The summed E-state index contributed by atoms with van der Waals surface area (Å²) in [5, 5.41) is 0. The first-order chi connectivity index (χ1) is 30.0. The number of hydrogen-bond donors (Lipinski definition) is 0. The Bertz CT molecular complexity index is 1110. The van der Waals surface area contributed by atoms with Crippen LogP contribution in [-0.2, 0) is 32.7 Å². The Balaban J connectivity index is 4.21. The number of likely N-dealkylation sites (N-methyl/N-ethyl adjacent to an activating group) is 1. The molecular weight excluding hydrogens is 798 g/mol. The van der Waals surface area contributed by atoms with Crippen molar-refractivity contribution in [2.45, 2.75) is 251 Å². The number of quaternary nitrogens is 1. The molecule has 0 aliphatic heterocycles. The van der Waals surface area contributed by atoms with Crippen LogP contribution >= 0.6 is 7.82 Å². The van der Waals surface area contributed by atoms with Crippen molar-refractivity contribution in [3.05, 3.63) is 24.3 Å². The number of nitrogens with zero attached hydrogens (tertiary/aromatic N) is 1. The molecule has 0 fully saturated rings. The second-order valence-electron chi connectivity index (χ2n) is 18.9. The van der Waals surface area contributed by atoms with Crippen molar-refractivity contribution in [3.63, 3.8) is 0 Å². The number of phosphoric acid groups is 1. The second-order valence-corrected chi connectivity index (χ2v) is 20.3. The summed E-state index contributed by atoms with van der Waals surface area (Å²) in [5.74, 6) is -0.860. The Hall–Kier alpha value is -1.51. The van der Waals surface area contributed by atoms with E-state index in [9.17, 15) is 19.0 Å². The van der Waals surface area contributed by atoms with Gasteiger partial charge in [-0.1, -0.05) is 212 Å². The molecule has 62 heavy (non-hydrogen) atoms. The standard InChI is InChI=1S/C52H100NO8P/c1-6-8-10-12-14-16-18-20-22-23-24-25-26-27-28-29-31-33-35-37-39-41-43-45-52(55)61-50(49-60-62(56,57)59-47-46-53(3,4)5)48-58-51(54)44-42-40-38-36-34-32-30-21-19-17-15-13-11-9-7-2/h21,30,34,36,50H,6-20,22-29,31-33,35,37-49H2,1-5H3/b30-21+,36-34+/t50-/m1/s1. The van der Waals surface area contributed by atoms with Gasteiger partial charge in [-0.3, -0.25) is 14.2 Å². The van der Waals surface area contributed by atoms with Crippen LogP contribution < -0.4 is 4.89 Å². The molecule has 0 aromatic rings. The summed E-state index contributed by atoms with van der Waals surface area (Å²) in [7, 11) is 1.16. The van der Waals surface area contributed by atoms with Gasteiger partial charge < -0.3 is 27.9 Å². The Morgan fingerprint density at radius 1 is 0.500 bits per heavy atom. The molecule has 0 aromatic heterocycles. The summed E-state index contributed by atoms with van der Waals surface area (Å²) >= 11 is 0. The SMILES string of the molecule is CCCCCCCC/C=C/C/C=C/CCCCC(=O)OC[C@H](COP(=O)([O-])OCC[N+](C)(C)C)OC(=O)CCCCCCCCCCCCCCCCCCCCCCCCC. The van der Waals surface area contributed by atoms with Crippen molar-refractivity contribution in [1.82, 2.24) is 0 Å². The molecule has 2 atom stereocenters. The highest BCUT2D eigenvalue weighted by Gasteiger charge is 2.21. The highest BCUT2D eigenvalue weighted by molar-refractivity contribution is 7.45. The molecule has 0 saturated heterocycles. The van der Waals surface area contributed by atoms with Crippen LogP contribution in [0.4, 0.5) is 0 Å². The summed E-state index contributed by atoms with van der Waals surface area (Å²) in [6.45, 7) is 4.23. The van der Waals surface area contributed by atoms with E-state index >= 15 is 0 Å². The fourth-order valence-corrected chi connectivity index (χ4v) is 8.12. The van der Waals surface area contributed by atoms with E-state index in [2.05, 4.69) is 38.2 Å². The number of esters is 2. The van der Waals surface area contributed by atoms with Crippen molar-refractivity contribution < 1.29 is 42.1 Å². The van der Waals surface area contributed by atoms with E-state index < -0.39 is 32.5 Å². The molecule has 0 aliphatic rings. The molecule has 0 aliphatic carbocycles. The van der Waals surface area contributed by atoms with Crippen LogP contribution in [0.1, 0.15) is 245 Å². The summed E-state index contributed by atoms with van der Waals surface area (Å²) in [5.41, 5.74) is 0. The molecule has 0 N–H and O–H groups in total. The number of carbonyl (C=O) groups excluding carboxylic acids is 2. The lowest BCUT2D eigenvalue weighted by atomic mass is 10.0. The smallest absolute Gasteiger partial charge is 0.306 e. The predicted octanol–water partition coefficient (Wildman–Crippen LogP) is 14.8. The Morgan fingerprint density at radius 2 is 0.871 bits per heavy atom. The minimum atomic E-state index is -4.63. The molecule has 10 heteroatoms. The molecule has 0 aromatic carbocycles. The Labute approximate surface area is 383 Å². The Kier molecular flexibility index (Phi) is 43.6. The van der Waals surface area contributed by atoms with E-state index in [-0.39, 0.29) is 26.1 Å². The topological polar surface area (TPSA) is 111 Å². The molecular formula is C52H100NO8P. The van der Waals surface area contributed by atoms with Gasteiger partial charge in [-0.2, -0.15) is 0 Å². The lowest BCUT2D eigenvalue weighted by Crippen LogP contribution is -2.37. The summed E-state index contributed by atoms with van der Waals surface area (Å²) in [6.07, 6.45) is 50.8. The highest BCUT2D eigenvalue weighted by atomic mass is 31.2. The molecule has 366 valence electrons. The highest BCUT2D eigenvalue weighted by Crippen LogP contribution is 2.38. The normalized spacial score (nSPS) is 13.6. The lowest BCUT2D eigenvalue weighted by Gasteiger charge is -2.28. The third-order valence-electron chi connectivity index (χ3n) is 11.5. The maximum absolute atomic E-state index is 12.7. The van der Waals surface area contributed by atoms with Gasteiger partial charge in [0, 0.05) is 12.8 Å². The first-order valence-electron chi connectivity index (χ1n) is 26.0. The molecule has 1 unspecified atom stereocenters. The number of hydrogen-bond acceptors (Lipinski definition) is 8. The molecule has 0 amide bonds. The fraction of sp³-hybridized carbons (Fsp3) is 0.885. The molecule has 0 bridgehead atoms. The van der Waals surface area contributed by atoms with Crippen molar-refractivity contribution in [1.29, 1.82) is 0 Å². The van der Waals surface area contributed by atoms with Crippen molar-refractivity contribution in [2.24, 2.45) is 0 Å². The number of ether oxygens (including phenoxy) is 2. The molecule has 0 spiro atoms. The molecule has 0 rings (SSSR count). The van der Waals surface area contributed by atoms with E-state index in [0.29, 0.717) is 23.9 Å². The van der Waals surface area contributed by atoms with Gasteiger partial charge in [-0.15, -0.1) is 0 Å². The van der Waals surface area contributed by atoms with Crippen LogP contribution in [0.25, 0.3) is 0 Å². The third-order valence-corrected chi connectivity index (χ3v) is 12.4. The van der Waals surface area contributed by atoms with Gasteiger partial charge in [0.25, 0.3) is 7.82 Å². The fourth-order valence-electron chi connectivity index (χ4n) is 7.39. The average molecular weight is 898 g/mol. The van der Waals surface area contributed by atoms with Crippen molar-refractivity contribution in [3.8, 4) is 0 Å². The van der Waals surface area contributed by atoms with Crippen LogP contribution in [0.2, 0.25) is 0 Å². The van der Waals surface area contributed by atoms with Gasteiger partial charge >= 0.3 is 11.9 Å². The van der Waals surface area contributed by atoms with Gasteiger partial charge in [-0.05, 0) is 44.9 Å². The zero-order valence-corrected chi connectivity index (χ0v) is 42.2. The predicted molar refractivity (Wildman–Crippen MR) is 259 cm³/mol. The lowest BCUT2D eigenvalue weighted by molar-refractivity contribution is -0.870.